The minimum Gasteiger partial charge on any atom is -0.388 e. The molecule has 5 heteroatoms. The van der Waals surface area contributed by atoms with Crippen LogP contribution in [0.15, 0.2) is 24.3 Å². The van der Waals surface area contributed by atoms with Gasteiger partial charge in [0.05, 0.1) is 12.5 Å². The Morgan fingerprint density at radius 3 is 2.07 bits per heavy atom. The van der Waals surface area contributed by atoms with Crippen LogP contribution in [-0.2, 0) is 0 Å². The van der Waals surface area contributed by atoms with Gasteiger partial charge in [-0.25, -0.2) is 4.39 Å². The molecule has 0 spiro atoms. The molecule has 1 rings (SSSR count). The quantitative estimate of drug-likeness (QED) is 0.741. The van der Waals surface area contributed by atoms with Crippen LogP contribution in [-0.4, -0.2) is 11.3 Å². The molecule has 0 aliphatic carbocycles. The number of aliphatic hydroxyl groups excluding tert-OH is 1. The molecule has 0 aliphatic rings. The summed E-state index contributed by atoms with van der Waals surface area (Å²) in [5, 5.41) is 9.10. The maximum atomic E-state index is 12.4. The normalized spacial score (nSPS) is 14.1. The lowest BCUT2D eigenvalue weighted by atomic mass is 10.1. The Labute approximate surface area is 78.0 Å². The molecule has 0 amide bonds. The van der Waals surface area contributed by atoms with Crippen molar-refractivity contribution in [1.29, 1.82) is 0 Å². The first-order valence-electron chi connectivity index (χ1n) is 3.89. The Morgan fingerprint density at radius 1 is 1.14 bits per heavy atom. The Morgan fingerprint density at radius 2 is 1.64 bits per heavy atom. The summed E-state index contributed by atoms with van der Waals surface area (Å²) < 4.78 is 47.9. The molecule has 1 nitrogen and oxygen atoms in total. The van der Waals surface area contributed by atoms with E-state index in [0.717, 1.165) is 24.3 Å². The SMILES string of the molecule is O[C@@H](CC(F)(F)F)c1ccc(F)cc1. The molecule has 0 bridgehead atoms. The molecule has 0 aromatic heterocycles. The highest BCUT2D eigenvalue weighted by Gasteiger charge is 2.31. The van der Waals surface area contributed by atoms with Crippen molar-refractivity contribution in [3.05, 3.63) is 35.6 Å². The van der Waals surface area contributed by atoms with Gasteiger partial charge in [0.15, 0.2) is 0 Å². The number of benzene rings is 1. The second kappa shape index (κ2) is 3.96. The van der Waals surface area contributed by atoms with E-state index in [0.29, 0.717) is 0 Å². The van der Waals surface area contributed by atoms with E-state index < -0.39 is 24.5 Å². The molecule has 0 aliphatic heterocycles. The highest BCUT2D eigenvalue weighted by molar-refractivity contribution is 5.18. The standard InChI is InChI=1S/C9H8F4O/c10-7-3-1-6(2-4-7)8(14)5-9(11,12)13/h1-4,8,14H,5H2/t8-/m0/s1. The summed E-state index contributed by atoms with van der Waals surface area (Å²) >= 11 is 0. The summed E-state index contributed by atoms with van der Waals surface area (Å²) in [4.78, 5) is 0. The predicted molar refractivity (Wildman–Crippen MR) is 42.0 cm³/mol. The first-order valence-corrected chi connectivity index (χ1v) is 3.89. The minimum atomic E-state index is -4.42. The van der Waals surface area contributed by atoms with Gasteiger partial charge in [0.25, 0.3) is 0 Å². The van der Waals surface area contributed by atoms with Crippen molar-refractivity contribution in [2.75, 3.05) is 0 Å². The summed E-state index contributed by atoms with van der Waals surface area (Å²) in [6, 6.07) is 4.28. The second-order valence-corrected chi connectivity index (χ2v) is 2.89. The molecule has 0 saturated heterocycles. The van der Waals surface area contributed by atoms with Crippen LogP contribution in [0, 0.1) is 5.82 Å². The van der Waals surface area contributed by atoms with Gasteiger partial charge in [-0.1, -0.05) is 12.1 Å². The fraction of sp³-hybridized carbons (Fsp3) is 0.333. The van der Waals surface area contributed by atoms with Gasteiger partial charge in [-0.05, 0) is 17.7 Å². The Kier molecular flexibility index (Phi) is 3.10. The van der Waals surface area contributed by atoms with Gasteiger partial charge in [0.1, 0.15) is 5.82 Å². The fourth-order valence-electron chi connectivity index (χ4n) is 1.02. The zero-order chi connectivity index (χ0) is 10.8. The monoisotopic (exact) mass is 208 g/mol. The van der Waals surface area contributed by atoms with E-state index in [9.17, 15) is 17.6 Å². The number of hydrogen-bond acceptors (Lipinski definition) is 1. The molecular weight excluding hydrogens is 200 g/mol. The molecule has 1 N–H and O–H groups in total. The molecule has 0 saturated carbocycles. The van der Waals surface area contributed by atoms with Crippen LogP contribution < -0.4 is 0 Å². The number of hydrogen-bond donors (Lipinski definition) is 1. The lowest BCUT2D eigenvalue weighted by molar-refractivity contribution is -0.154. The second-order valence-electron chi connectivity index (χ2n) is 2.89. The first-order chi connectivity index (χ1) is 6.38. The van der Waals surface area contributed by atoms with Crippen LogP contribution in [0.25, 0.3) is 0 Å². The molecule has 0 heterocycles. The van der Waals surface area contributed by atoms with Gasteiger partial charge < -0.3 is 5.11 Å². The molecule has 0 unspecified atom stereocenters. The summed E-state index contributed by atoms with van der Waals surface area (Å²) in [7, 11) is 0. The predicted octanol–water partition coefficient (Wildman–Crippen LogP) is 2.81. The number of aliphatic hydroxyl groups is 1. The number of rotatable bonds is 2. The van der Waals surface area contributed by atoms with Crippen molar-refractivity contribution in [2.24, 2.45) is 0 Å². The number of halogens is 4. The van der Waals surface area contributed by atoms with Crippen LogP contribution >= 0.6 is 0 Å². The van der Waals surface area contributed by atoms with E-state index in [1.54, 1.807) is 0 Å². The average Bonchev–Trinajstić information content (AvgIpc) is 2.02. The molecule has 1 aromatic carbocycles. The minimum absolute atomic E-state index is 0.0590. The summed E-state index contributed by atoms with van der Waals surface area (Å²) in [5.74, 6) is -0.548. The third-order valence-electron chi connectivity index (χ3n) is 1.68. The Hall–Kier alpha value is -1.10. The van der Waals surface area contributed by atoms with Crippen LogP contribution in [0.1, 0.15) is 18.1 Å². The Bertz CT molecular complexity index is 291. The molecular formula is C9H8F4O. The van der Waals surface area contributed by atoms with E-state index in [2.05, 4.69) is 0 Å². The van der Waals surface area contributed by atoms with Crippen molar-refractivity contribution in [3.8, 4) is 0 Å². The van der Waals surface area contributed by atoms with E-state index in [4.69, 9.17) is 5.11 Å². The molecule has 0 fully saturated rings. The van der Waals surface area contributed by atoms with E-state index >= 15 is 0 Å². The highest BCUT2D eigenvalue weighted by Crippen LogP contribution is 2.29. The van der Waals surface area contributed by atoms with Gasteiger partial charge in [-0.2, -0.15) is 13.2 Å². The van der Waals surface area contributed by atoms with Gasteiger partial charge >= 0.3 is 6.18 Å². The van der Waals surface area contributed by atoms with Crippen molar-refractivity contribution in [1.82, 2.24) is 0 Å². The van der Waals surface area contributed by atoms with Gasteiger partial charge in [0, 0.05) is 0 Å². The highest BCUT2D eigenvalue weighted by atomic mass is 19.4. The maximum absolute atomic E-state index is 12.4. The van der Waals surface area contributed by atoms with Gasteiger partial charge in [-0.15, -0.1) is 0 Å². The van der Waals surface area contributed by atoms with E-state index in [-0.39, 0.29) is 5.56 Å². The number of alkyl halides is 3. The zero-order valence-corrected chi connectivity index (χ0v) is 7.05. The van der Waals surface area contributed by atoms with E-state index in [1.165, 1.54) is 0 Å². The summed E-state index contributed by atoms with van der Waals surface area (Å²) in [6.45, 7) is 0. The average molecular weight is 208 g/mol. The van der Waals surface area contributed by atoms with Crippen molar-refractivity contribution in [2.45, 2.75) is 18.7 Å². The largest absolute Gasteiger partial charge is 0.391 e. The van der Waals surface area contributed by atoms with Crippen molar-refractivity contribution in [3.63, 3.8) is 0 Å². The van der Waals surface area contributed by atoms with Crippen molar-refractivity contribution >= 4 is 0 Å². The summed E-state index contributed by atoms with van der Waals surface area (Å²) in [6.07, 6.45) is -7.37. The lowest BCUT2D eigenvalue weighted by Gasteiger charge is -2.12. The third-order valence-corrected chi connectivity index (χ3v) is 1.68. The molecule has 14 heavy (non-hydrogen) atoms. The molecule has 78 valence electrons. The van der Waals surface area contributed by atoms with Crippen LogP contribution in [0.3, 0.4) is 0 Å². The van der Waals surface area contributed by atoms with Crippen LogP contribution in [0.2, 0.25) is 0 Å². The van der Waals surface area contributed by atoms with Gasteiger partial charge in [0.2, 0.25) is 0 Å². The molecule has 1 atom stereocenters. The first kappa shape index (κ1) is 11.0. The summed E-state index contributed by atoms with van der Waals surface area (Å²) in [5.41, 5.74) is 0.0590. The van der Waals surface area contributed by atoms with Crippen LogP contribution in [0.4, 0.5) is 17.6 Å². The lowest BCUT2D eigenvalue weighted by Crippen LogP contribution is -2.13. The maximum Gasteiger partial charge on any atom is 0.391 e. The van der Waals surface area contributed by atoms with E-state index in [1.807, 2.05) is 0 Å². The Balaban J connectivity index is 2.70. The van der Waals surface area contributed by atoms with Crippen molar-refractivity contribution < 1.29 is 22.7 Å². The molecule has 1 aromatic rings. The fourth-order valence-corrected chi connectivity index (χ4v) is 1.02. The third kappa shape index (κ3) is 3.33. The smallest absolute Gasteiger partial charge is 0.388 e. The van der Waals surface area contributed by atoms with Crippen LogP contribution in [0.5, 0.6) is 0 Å². The van der Waals surface area contributed by atoms with Gasteiger partial charge in [-0.3, -0.25) is 0 Å². The topological polar surface area (TPSA) is 20.2 Å². The zero-order valence-electron chi connectivity index (χ0n) is 7.05. The molecule has 0 radical (unpaired) electrons.